The van der Waals surface area contributed by atoms with Crippen molar-refractivity contribution in [2.75, 3.05) is 29.9 Å². The van der Waals surface area contributed by atoms with Crippen LogP contribution in [0.1, 0.15) is 38.8 Å². The van der Waals surface area contributed by atoms with Crippen LogP contribution >= 0.6 is 0 Å². The van der Waals surface area contributed by atoms with Gasteiger partial charge in [-0.05, 0) is 51.3 Å². The fourth-order valence-corrected chi connectivity index (χ4v) is 3.69. The van der Waals surface area contributed by atoms with Crippen molar-refractivity contribution < 1.29 is 0 Å². The van der Waals surface area contributed by atoms with E-state index in [2.05, 4.69) is 72.1 Å². The average Bonchev–Trinajstić information content (AvgIpc) is 2.64. The molecule has 1 N–H and O–H groups in total. The van der Waals surface area contributed by atoms with Crippen LogP contribution in [0.3, 0.4) is 0 Å². The lowest BCUT2D eigenvalue weighted by Gasteiger charge is -2.30. The number of fused-ring (bicyclic) bond motifs is 1. The molecule has 5 heteroatoms. The van der Waals surface area contributed by atoms with Crippen LogP contribution in [0, 0.1) is 0 Å². The van der Waals surface area contributed by atoms with E-state index in [0.29, 0.717) is 12.1 Å². The molecule has 0 fully saturated rings. The molecule has 1 aliphatic heterocycles. The Morgan fingerprint density at radius 1 is 1.08 bits per heavy atom. The Kier molecular flexibility index (Phi) is 6.09. The number of nitrogens with zero attached hydrogens (tertiary/aromatic N) is 4. The average molecular weight is 354 g/mol. The lowest BCUT2D eigenvalue weighted by Crippen LogP contribution is -2.40. The Morgan fingerprint density at radius 3 is 2.54 bits per heavy atom. The third-order valence-corrected chi connectivity index (χ3v) is 5.06. The Bertz CT molecular complexity index is 705. The molecule has 0 bridgehead atoms. The molecular weight excluding hydrogens is 322 g/mol. The molecule has 0 saturated heterocycles. The summed E-state index contributed by atoms with van der Waals surface area (Å²) in [7, 11) is 0. The van der Waals surface area contributed by atoms with Crippen molar-refractivity contribution in [3.8, 4) is 0 Å². The van der Waals surface area contributed by atoms with Crippen LogP contribution in [0.2, 0.25) is 0 Å². The van der Waals surface area contributed by atoms with Crippen molar-refractivity contribution in [3.63, 3.8) is 0 Å². The first-order chi connectivity index (χ1) is 12.5. The second kappa shape index (κ2) is 8.49. The van der Waals surface area contributed by atoms with Gasteiger partial charge in [0.1, 0.15) is 5.82 Å². The van der Waals surface area contributed by atoms with Crippen LogP contribution in [-0.2, 0) is 13.0 Å². The molecule has 1 aliphatic rings. The van der Waals surface area contributed by atoms with Crippen LogP contribution in [0.25, 0.3) is 0 Å². The lowest BCUT2D eigenvalue weighted by molar-refractivity contribution is 0.182. The van der Waals surface area contributed by atoms with Crippen LogP contribution in [0.15, 0.2) is 36.5 Å². The van der Waals surface area contributed by atoms with E-state index >= 15 is 0 Å². The van der Waals surface area contributed by atoms with Gasteiger partial charge < -0.3 is 10.2 Å². The van der Waals surface area contributed by atoms with Crippen LogP contribution in [0.4, 0.5) is 11.8 Å². The number of nitrogens with one attached hydrogen (secondary N) is 1. The molecule has 1 aromatic carbocycles. The topological polar surface area (TPSA) is 44.3 Å². The third kappa shape index (κ3) is 4.52. The van der Waals surface area contributed by atoms with Crippen LogP contribution in [0.5, 0.6) is 0 Å². The maximum atomic E-state index is 4.74. The number of hydrogen-bond acceptors (Lipinski definition) is 5. The van der Waals surface area contributed by atoms with Crippen molar-refractivity contribution in [3.05, 3.63) is 47.7 Å². The third-order valence-electron chi connectivity index (χ3n) is 5.06. The summed E-state index contributed by atoms with van der Waals surface area (Å²) in [6, 6.07) is 11.7. The Hall–Kier alpha value is -2.14. The standard InChI is InChI=1S/C21H31N5/c1-16(2)26(17(3)4)14-12-22-20-9-11-23-21(24-20)25-13-10-18-7-5-6-8-19(18)15-25/h5-9,11,16-17H,10,12-15H2,1-4H3,(H,22,23,24). The number of hydrogen-bond donors (Lipinski definition) is 1. The van der Waals surface area contributed by atoms with Crippen LogP contribution < -0.4 is 10.2 Å². The molecule has 0 amide bonds. The molecule has 0 atom stereocenters. The van der Waals surface area contributed by atoms with E-state index in [0.717, 1.165) is 44.4 Å². The molecular formula is C21H31N5. The monoisotopic (exact) mass is 353 g/mol. The molecule has 2 aromatic rings. The highest BCUT2D eigenvalue weighted by molar-refractivity contribution is 5.44. The molecule has 0 radical (unpaired) electrons. The smallest absolute Gasteiger partial charge is 0.227 e. The molecule has 0 saturated carbocycles. The van der Waals surface area contributed by atoms with E-state index in [1.807, 2.05) is 12.3 Å². The zero-order valence-corrected chi connectivity index (χ0v) is 16.4. The molecule has 140 valence electrons. The Morgan fingerprint density at radius 2 is 1.81 bits per heavy atom. The SMILES string of the molecule is CC(C)N(CCNc1ccnc(N2CCc3ccccc3C2)n1)C(C)C. The fraction of sp³-hybridized carbons (Fsp3) is 0.524. The van der Waals surface area contributed by atoms with E-state index in [-0.39, 0.29) is 0 Å². The van der Waals surface area contributed by atoms with Crippen molar-refractivity contribution >= 4 is 11.8 Å². The largest absolute Gasteiger partial charge is 0.369 e. The number of aromatic nitrogens is 2. The minimum atomic E-state index is 0.547. The zero-order chi connectivity index (χ0) is 18.5. The maximum absolute atomic E-state index is 4.74. The van der Waals surface area contributed by atoms with Gasteiger partial charge in [0, 0.05) is 44.5 Å². The number of rotatable bonds is 7. The summed E-state index contributed by atoms with van der Waals surface area (Å²) in [5.74, 6) is 1.72. The zero-order valence-electron chi connectivity index (χ0n) is 16.4. The van der Waals surface area contributed by atoms with Crippen molar-refractivity contribution in [1.29, 1.82) is 0 Å². The summed E-state index contributed by atoms with van der Waals surface area (Å²) in [4.78, 5) is 14.0. The molecule has 5 nitrogen and oxygen atoms in total. The van der Waals surface area contributed by atoms with Gasteiger partial charge in [0.2, 0.25) is 5.95 Å². The van der Waals surface area contributed by atoms with Gasteiger partial charge in [-0.25, -0.2) is 4.98 Å². The molecule has 3 rings (SSSR count). The van der Waals surface area contributed by atoms with Crippen molar-refractivity contribution in [1.82, 2.24) is 14.9 Å². The van der Waals surface area contributed by atoms with Gasteiger partial charge in [0.15, 0.2) is 0 Å². The van der Waals surface area contributed by atoms with E-state index in [9.17, 15) is 0 Å². The van der Waals surface area contributed by atoms with Gasteiger partial charge >= 0.3 is 0 Å². The predicted molar refractivity (Wildman–Crippen MR) is 109 cm³/mol. The van der Waals surface area contributed by atoms with E-state index < -0.39 is 0 Å². The fourth-order valence-electron chi connectivity index (χ4n) is 3.69. The Labute approximate surface area is 157 Å². The summed E-state index contributed by atoms with van der Waals surface area (Å²) < 4.78 is 0. The summed E-state index contributed by atoms with van der Waals surface area (Å²) >= 11 is 0. The molecule has 1 aromatic heterocycles. The first-order valence-electron chi connectivity index (χ1n) is 9.69. The predicted octanol–water partition coefficient (Wildman–Crippen LogP) is 3.57. The van der Waals surface area contributed by atoms with Gasteiger partial charge in [-0.2, -0.15) is 4.98 Å². The van der Waals surface area contributed by atoms with Crippen molar-refractivity contribution in [2.45, 2.75) is 52.7 Å². The molecule has 26 heavy (non-hydrogen) atoms. The van der Waals surface area contributed by atoms with E-state index in [4.69, 9.17) is 4.98 Å². The minimum Gasteiger partial charge on any atom is -0.369 e. The van der Waals surface area contributed by atoms with E-state index in [1.165, 1.54) is 11.1 Å². The van der Waals surface area contributed by atoms with Crippen molar-refractivity contribution in [2.24, 2.45) is 0 Å². The minimum absolute atomic E-state index is 0.547. The first kappa shape index (κ1) is 18.6. The van der Waals surface area contributed by atoms with Gasteiger partial charge in [-0.1, -0.05) is 24.3 Å². The second-order valence-electron chi connectivity index (χ2n) is 7.53. The van der Waals surface area contributed by atoms with Gasteiger partial charge in [-0.3, -0.25) is 4.90 Å². The number of anilines is 2. The number of benzene rings is 1. The highest BCUT2D eigenvalue weighted by Gasteiger charge is 2.18. The van der Waals surface area contributed by atoms with Crippen LogP contribution in [-0.4, -0.2) is 46.6 Å². The highest BCUT2D eigenvalue weighted by Crippen LogP contribution is 2.22. The van der Waals surface area contributed by atoms with E-state index in [1.54, 1.807) is 0 Å². The quantitative estimate of drug-likeness (QED) is 0.824. The van der Waals surface area contributed by atoms with Gasteiger partial charge in [0.05, 0.1) is 0 Å². The second-order valence-corrected chi connectivity index (χ2v) is 7.53. The molecule has 2 heterocycles. The summed E-state index contributed by atoms with van der Waals surface area (Å²) in [5, 5.41) is 3.46. The molecule has 0 aliphatic carbocycles. The molecule has 0 unspecified atom stereocenters. The highest BCUT2D eigenvalue weighted by atomic mass is 15.3. The normalized spacial score (nSPS) is 14.2. The first-order valence-corrected chi connectivity index (χ1v) is 9.69. The summed E-state index contributed by atoms with van der Waals surface area (Å²) in [6.45, 7) is 12.7. The molecule has 0 spiro atoms. The maximum Gasteiger partial charge on any atom is 0.227 e. The summed E-state index contributed by atoms with van der Waals surface area (Å²) in [6.07, 6.45) is 2.91. The Balaban J connectivity index is 1.60. The lowest BCUT2D eigenvalue weighted by atomic mass is 10.0. The summed E-state index contributed by atoms with van der Waals surface area (Å²) in [5.41, 5.74) is 2.82. The van der Waals surface area contributed by atoms with Gasteiger partial charge in [-0.15, -0.1) is 0 Å². The van der Waals surface area contributed by atoms with Gasteiger partial charge in [0.25, 0.3) is 0 Å².